The molecule has 4 aliphatic carbocycles. The average Bonchev–Trinajstić information content (AvgIpc) is 4.01. The van der Waals surface area contributed by atoms with Crippen molar-refractivity contribution in [3.05, 3.63) is 82.4 Å². The first-order valence-corrected chi connectivity index (χ1v) is 19.0. The van der Waals surface area contributed by atoms with Gasteiger partial charge in [-0.05, 0) is 137 Å². The van der Waals surface area contributed by atoms with Crippen LogP contribution in [0.4, 0.5) is 0 Å². The number of fused-ring (bicyclic) bond motifs is 3. The van der Waals surface area contributed by atoms with Crippen LogP contribution in [0, 0.1) is 23.7 Å². The summed E-state index contributed by atoms with van der Waals surface area (Å²) in [6.07, 6.45) is 24.7. The van der Waals surface area contributed by atoms with Gasteiger partial charge in [0.25, 0.3) is 0 Å². The molecule has 4 unspecified atom stereocenters. The van der Waals surface area contributed by atoms with Crippen LogP contribution in [0.3, 0.4) is 0 Å². The van der Waals surface area contributed by atoms with E-state index in [0.29, 0.717) is 11.8 Å². The molecule has 1 aromatic heterocycles. The maximum Gasteiger partial charge on any atom is 0.329 e. The normalized spacial score (nSPS) is 29.9. The van der Waals surface area contributed by atoms with E-state index in [1.54, 1.807) is 0 Å². The average molecular weight is 651 g/mol. The summed E-state index contributed by atoms with van der Waals surface area (Å²) in [5.41, 5.74) is 4.94. The van der Waals surface area contributed by atoms with E-state index in [1.807, 2.05) is 4.57 Å². The quantitative estimate of drug-likeness (QED) is 0.362. The summed E-state index contributed by atoms with van der Waals surface area (Å²) >= 11 is 6.03. The predicted octanol–water partition coefficient (Wildman–Crippen LogP) is 5.51. The Labute approximate surface area is 284 Å². The molecule has 2 saturated carbocycles. The molecule has 8 heteroatoms. The number of aromatic nitrogens is 2. The lowest BCUT2D eigenvalue weighted by Crippen LogP contribution is -2.57. The van der Waals surface area contributed by atoms with Crippen LogP contribution in [0.25, 0.3) is 11.0 Å². The lowest BCUT2D eigenvalue weighted by molar-refractivity contribution is 0.0916. The second-order valence-electron chi connectivity index (χ2n) is 15.4. The Bertz CT molecular complexity index is 1650. The number of hydrogen-bond acceptors (Lipinski definition) is 4. The predicted molar refractivity (Wildman–Crippen MR) is 193 cm³/mol. The lowest BCUT2D eigenvalue weighted by Gasteiger charge is -2.42. The molecular formula is C39H50N6OS. The summed E-state index contributed by atoms with van der Waals surface area (Å²) in [5.74, 6) is 2.88. The molecule has 5 fully saturated rings. The van der Waals surface area contributed by atoms with E-state index in [1.165, 1.54) is 82.3 Å². The zero-order chi connectivity index (χ0) is 31.5. The molecule has 0 bridgehead atoms. The van der Waals surface area contributed by atoms with Crippen LogP contribution in [-0.2, 0) is 6.54 Å². The van der Waals surface area contributed by atoms with Crippen molar-refractivity contribution in [1.29, 1.82) is 0 Å². The number of thiocarbonyl (C=S) groups is 1. The maximum absolute atomic E-state index is 14.0. The third-order valence-corrected chi connectivity index (χ3v) is 12.7. The van der Waals surface area contributed by atoms with Crippen LogP contribution in [0.5, 0.6) is 0 Å². The van der Waals surface area contributed by atoms with E-state index in [9.17, 15) is 4.79 Å². The van der Waals surface area contributed by atoms with E-state index < -0.39 is 0 Å². The van der Waals surface area contributed by atoms with Gasteiger partial charge in [-0.15, -0.1) is 0 Å². The fraction of sp³-hybridized carbons (Fsp3) is 0.590. The van der Waals surface area contributed by atoms with Crippen molar-refractivity contribution in [2.45, 2.75) is 76.0 Å². The van der Waals surface area contributed by atoms with Crippen molar-refractivity contribution in [2.75, 3.05) is 45.8 Å². The number of hydrogen-bond donors (Lipinski definition) is 1. The first-order chi connectivity index (χ1) is 23.1. The molecule has 0 amide bonds. The Morgan fingerprint density at radius 2 is 1.47 bits per heavy atom. The zero-order valence-corrected chi connectivity index (χ0v) is 28.5. The highest BCUT2D eigenvalue weighted by Crippen LogP contribution is 2.47. The SMILES string of the molecule is O=c1n(CCCN2CCC(N3CCCCC3)CC2)c2ccccc2n1C1CN(C(=S)NC(C2=CC3CC3C=C2)C2=CC3CC3C=C2)C1. The van der Waals surface area contributed by atoms with Gasteiger partial charge in [-0.3, -0.25) is 9.13 Å². The molecule has 3 aliphatic heterocycles. The molecule has 1 N–H and O–H groups in total. The fourth-order valence-corrected chi connectivity index (χ4v) is 9.43. The van der Waals surface area contributed by atoms with Gasteiger partial charge in [-0.25, -0.2) is 4.79 Å². The molecule has 1 aromatic carbocycles. The number of nitrogens with one attached hydrogen (secondary N) is 1. The van der Waals surface area contributed by atoms with Gasteiger partial charge in [0.15, 0.2) is 5.11 Å². The van der Waals surface area contributed by atoms with E-state index in [2.05, 4.69) is 85.3 Å². The van der Waals surface area contributed by atoms with Gasteiger partial charge in [0.1, 0.15) is 0 Å². The van der Waals surface area contributed by atoms with Crippen molar-refractivity contribution < 1.29 is 0 Å². The van der Waals surface area contributed by atoms with E-state index in [-0.39, 0.29) is 17.8 Å². The van der Waals surface area contributed by atoms with Crippen molar-refractivity contribution >= 4 is 28.4 Å². The lowest BCUT2D eigenvalue weighted by atomic mass is 9.91. The Hall–Kier alpha value is -2.94. The summed E-state index contributed by atoms with van der Waals surface area (Å²) in [4.78, 5) is 21.6. The Morgan fingerprint density at radius 1 is 0.809 bits per heavy atom. The minimum Gasteiger partial charge on any atom is -0.352 e. The second kappa shape index (κ2) is 12.5. The van der Waals surface area contributed by atoms with Crippen molar-refractivity contribution in [3.8, 4) is 0 Å². The molecule has 2 aromatic rings. The summed E-state index contributed by atoms with van der Waals surface area (Å²) in [6.45, 7) is 8.33. The van der Waals surface area contributed by atoms with Gasteiger partial charge in [-0.1, -0.05) is 55.0 Å². The van der Waals surface area contributed by atoms with Gasteiger partial charge in [0, 0.05) is 25.7 Å². The monoisotopic (exact) mass is 650 g/mol. The standard InChI is InChI=1S/C39H50N6OS/c46-39-44(18-6-15-41-19-13-33(14-20-41)42-16-4-1-5-17-42)35-7-2-3-8-36(35)45(39)34-25-43(26-34)38(47)40-37(29-11-9-27-21-31(27)23-29)30-12-10-28-22-32(28)24-30/h2-3,7-12,23-24,27-28,31-34,37H,1,4-6,13-22,25-26H2,(H,40,47). The number of benzene rings is 1. The van der Waals surface area contributed by atoms with Gasteiger partial charge in [-0.2, -0.15) is 0 Å². The van der Waals surface area contributed by atoms with E-state index >= 15 is 0 Å². The van der Waals surface area contributed by atoms with Crippen molar-refractivity contribution in [2.24, 2.45) is 23.7 Å². The molecule has 248 valence electrons. The first kappa shape index (κ1) is 30.1. The van der Waals surface area contributed by atoms with Crippen molar-refractivity contribution in [1.82, 2.24) is 29.2 Å². The third kappa shape index (κ3) is 5.99. The number of piperidine rings is 2. The number of nitrogens with zero attached hydrogens (tertiary/aromatic N) is 5. The Kier molecular flexibility index (Phi) is 8.02. The number of allylic oxidation sites excluding steroid dienone is 4. The number of likely N-dealkylation sites (tertiary alicyclic amines) is 3. The number of imidazole rings is 1. The van der Waals surface area contributed by atoms with Gasteiger partial charge >= 0.3 is 5.69 Å². The second-order valence-corrected chi connectivity index (χ2v) is 15.8. The molecular weight excluding hydrogens is 601 g/mol. The molecule has 4 heterocycles. The largest absolute Gasteiger partial charge is 0.352 e. The highest BCUT2D eigenvalue weighted by atomic mass is 32.1. The summed E-state index contributed by atoms with van der Waals surface area (Å²) in [7, 11) is 0. The van der Waals surface area contributed by atoms with Gasteiger partial charge in [0.2, 0.25) is 0 Å². The molecule has 0 spiro atoms. The molecule has 7 aliphatic rings. The van der Waals surface area contributed by atoms with Crippen LogP contribution in [0.2, 0.25) is 0 Å². The third-order valence-electron chi connectivity index (χ3n) is 12.3. The summed E-state index contributed by atoms with van der Waals surface area (Å²) in [6, 6.07) is 9.37. The fourth-order valence-electron chi connectivity index (χ4n) is 9.16. The minimum atomic E-state index is 0.0948. The maximum atomic E-state index is 14.0. The van der Waals surface area contributed by atoms with Crippen LogP contribution in [0.15, 0.2) is 76.7 Å². The Balaban J connectivity index is 0.834. The first-order valence-electron chi connectivity index (χ1n) is 18.6. The van der Waals surface area contributed by atoms with Crippen LogP contribution < -0.4 is 11.0 Å². The minimum absolute atomic E-state index is 0.0948. The summed E-state index contributed by atoms with van der Waals surface area (Å²) in [5, 5.41) is 4.56. The number of aryl methyl sites for hydroxylation is 1. The van der Waals surface area contributed by atoms with Crippen LogP contribution in [0.1, 0.15) is 57.4 Å². The number of para-hydroxylation sites is 2. The zero-order valence-electron chi connectivity index (χ0n) is 27.7. The molecule has 47 heavy (non-hydrogen) atoms. The molecule has 4 atom stereocenters. The van der Waals surface area contributed by atoms with Gasteiger partial charge < -0.3 is 20.0 Å². The molecule has 0 radical (unpaired) electrons. The smallest absolute Gasteiger partial charge is 0.329 e. The topological polar surface area (TPSA) is 48.7 Å². The summed E-state index contributed by atoms with van der Waals surface area (Å²) < 4.78 is 4.08. The van der Waals surface area contributed by atoms with Crippen LogP contribution >= 0.6 is 12.2 Å². The molecule has 7 nitrogen and oxygen atoms in total. The Morgan fingerprint density at radius 3 is 2.13 bits per heavy atom. The molecule has 9 rings (SSSR count). The highest BCUT2D eigenvalue weighted by molar-refractivity contribution is 7.80. The van der Waals surface area contributed by atoms with E-state index in [0.717, 1.165) is 66.6 Å². The van der Waals surface area contributed by atoms with Crippen LogP contribution in [-0.4, -0.2) is 86.8 Å². The number of rotatable bonds is 9. The highest BCUT2D eigenvalue weighted by Gasteiger charge is 2.40. The van der Waals surface area contributed by atoms with Gasteiger partial charge in [0.05, 0.1) is 23.1 Å². The van der Waals surface area contributed by atoms with E-state index in [4.69, 9.17) is 12.2 Å². The van der Waals surface area contributed by atoms with Crippen molar-refractivity contribution in [3.63, 3.8) is 0 Å². The molecule has 3 saturated heterocycles.